The van der Waals surface area contributed by atoms with E-state index >= 15 is 0 Å². The van der Waals surface area contributed by atoms with Crippen molar-refractivity contribution in [3.8, 4) is 0 Å². The minimum Gasteiger partial charge on any atom is -0.292 e. The summed E-state index contributed by atoms with van der Waals surface area (Å²) in [4.78, 5) is 15.3. The summed E-state index contributed by atoms with van der Waals surface area (Å²) in [5.74, 6) is -0.255. The second kappa shape index (κ2) is 3.77. The molecule has 0 amide bonds. The highest BCUT2D eigenvalue weighted by Crippen LogP contribution is 2.33. The number of halogens is 2. The van der Waals surface area contributed by atoms with E-state index in [1.54, 1.807) is 0 Å². The summed E-state index contributed by atoms with van der Waals surface area (Å²) < 4.78 is 13.8. The van der Waals surface area contributed by atoms with Crippen molar-refractivity contribution in [3.05, 3.63) is 28.2 Å². The molecule has 1 saturated carbocycles. The molecule has 0 bridgehead atoms. The van der Waals surface area contributed by atoms with Gasteiger partial charge in [0, 0.05) is 17.1 Å². The molecule has 1 aliphatic carbocycles. The molecule has 0 N–H and O–H groups in total. The molecule has 0 radical (unpaired) electrons. The molecule has 2 nitrogen and oxygen atoms in total. The van der Waals surface area contributed by atoms with E-state index in [1.165, 1.54) is 12.3 Å². The first kappa shape index (κ1) is 9.77. The molecule has 1 heterocycles. The van der Waals surface area contributed by atoms with Crippen molar-refractivity contribution in [2.75, 3.05) is 0 Å². The third-order valence-electron chi connectivity index (χ3n) is 2.24. The van der Waals surface area contributed by atoms with E-state index in [2.05, 4.69) is 20.9 Å². The molecule has 1 aromatic rings. The topological polar surface area (TPSA) is 30.0 Å². The zero-order chi connectivity index (χ0) is 10.1. The van der Waals surface area contributed by atoms with Gasteiger partial charge in [0.1, 0.15) is 5.69 Å². The monoisotopic (exact) mass is 257 g/mol. The van der Waals surface area contributed by atoms with Crippen LogP contribution in [-0.4, -0.2) is 10.8 Å². The Balaban J connectivity index is 2.17. The van der Waals surface area contributed by atoms with Gasteiger partial charge in [0.2, 0.25) is 0 Å². The molecule has 4 heteroatoms. The van der Waals surface area contributed by atoms with Crippen LogP contribution < -0.4 is 0 Å². The molecular formula is C10H9BrFNO. The van der Waals surface area contributed by atoms with Crippen LogP contribution in [0.4, 0.5) is 4.39 Å². The highest BCUT2D eigenvalue weighted by Gasteiger charge is 2.26. The van der Waals surface area contributed by atoms with E-state index in [1.807, 2.05) is 0 Å². The molecule has 74 valence electrons. The summed E-state index contributed by atoms with van der Waals surface area (Å²) in [7, 11) is 0. The van der Waals surface area contributed by atoms with Gasteiger partial charge >= 0.3 is 0 Å². The Labute approximate surface area is 89.7 Å². The number of pyridine rings is 1. The van der Waals surface area contributed by atoms with E-state index in [9.17, 15) is 9.18 Å². The van der Waals surface area contributed by atoms with Gasteiger partial charge in [-0.25, -0.2) is 9.37 Å². The van der Waals surface area contributed by atoms with Gasteiger partial charge in [-0.3, -0.25) is 4.79 Å². The van der Waals surface area contributed by atoms with Crippen LogP contribution in [-0.2, 0) is 0 Å². The first-order chi connectivity index (χ1) is 6.66. The van der Waals surface area contributed by atoms with Crippen LogP contribution in [0.2, 0.25) is 0 Å². The molecule has 0 aliphatic heterocycles. The largest absolute Gasteiger partial charge is 0.292 e. The normalized spacial score (nSPS) is 15.6. The van der Waals surface area contributed by atoms with E-state index in [-0.39, 0.29) is 11.5 Å². The molecule has 0 atom stereocenters. The molecule has 0 spiro atoms. The summed E-state index contributed by atoms with van der Waals surface area (Å²) in [5.41, 5.74) is -0.0277. The van der Waals surface area contributed by atoms with Gasteiger partial charge in [-0.15, -0.1) is 0 Å². The standard InChI is InChI=1S/C10H9BrFNO/c11-7-4-8(12)10(13-5-7)9(14)3-6-1-2-6/h4-6H,1-3H2. The van der Waals surface area contributed by atoms with Crippen molar-refractivity contribution in [1.82, 2.24) is 4.98 Å². The van der Waals surface area contributed by atoms with E-state index in [0.29, 0.717) is 16.8 Å². The molecule has 2 rings (SSSR count). The number of hydrogen-bond donors (Lipinski definition) is 0. The maximum atomic E-state index is 13.3. The highest BCUT2D eigenvalue weighted by molar-refractivity contribution is 9.10. The lowest BCUT2D eigenvalue weighted by molar-refractivity contribution is 0.0967. The summed E-state index contributed by atoms with van der Waals surface area (Å²) in [6, 6.07) is 1.27. The Morgan fingerprint density at radius 2 is 2.36 bits per heavy atom. The van der Waals surface area contributed by atoms with Gasteiger partial charge in [-0.2, -0.15) is 0 Å². The Morgan fingerprint density at radius 3 is 2.93 bits per heavy atom. The predicted molar refractivity (Wildman–Crippen MR) is 53.6 cm³/mol. The second-order valence-corrected chi connectivity index (χ2v) is 4.47. The Hall–Kier alpha value is -0.770. The van der Waals surface area contributed by atoms with Crippen molar-refractivity contribution in [2.24, 2.45) is 5.92 Å². The van der Waals surface area contributed by atoms with Crippen molar-refractivity contribution in [1.29, 1.82) is 0 Å². The molecule has 0 unspecified atom stereocenters. The van der Waals surface area contributed by atoms with Crippen molar-refractivity contribution in [2.45, 2.75) is 19.3 Å². The molecule has 0 aromatic carbocycles. The highest BCUT2D eigenvalue weighted by atomic mass is 79.9. The van der Waals surface area contributed by atoms with E-state index in [4.69, 9.17) is 0 Å². The number of aromatic nitrogens is 1. The van der Waals surface area contributed by atoms with Crippen LogP contribution >= 0.6 is 15.9 Å². The minimum atomic E-state index is -0.537. The van der Waals surface area contributed by atoms with Crippen molar-refractivity contribution < 1.29 is 9.18 Å². The quantitative estimate of drug-likeness (QED) is 0.780. The summed E-state index contributed by atoms with van der Waals surface area (Å²) in [6.45, 7) is 0. The fraction of sp³-hybridized carbons (Fsp3) is 0.400. The maximum absolute atomic E-state index is 13.3. The number of carbonyl (C=O) groups is 1. The molecule has 14 heavy (non-hydrogen) atoms. The number of carbonyl (C=O) groups excluding carboxylic acids is 1. The molecule has 1 aromatic heterocycles. The third-order valence-corrected chi connectivity index (χ3v) is 2.68. The van der Waals surface area contributed by atoms with Crippen LogP contribution in [0.25, 0.3) is 0 Å². The molecule has 0 saturated heterocycles. The first-order valence-electron chi connectivity index (χ1n) is 4.51. The summed E-state index contributed by atoms with van der Waals surface area (Å²) >= 11 is 3.09. The Morgan fingerprint density at radius 1 is 1.64 bits per heavy atom. The Kier molecular flexibility index (Phi) is 2.63. The van der Waals surface area contributed by atoms with E-state index < -0.39 is 5.82 Å². The lowest BCUT2D eigenvalue weighted by Gasteiger charge is -2.00. The number of hydrogen-bond acceptors (Lipinski definition) is 2. The van der Waals surface area contributed by atoms with Gasteiger partial charge in [0.25, 0.3) is 0 Å². The summed E-state index contributed by atoms with van der Waals surface area (Å²) in [5, 5.41) is 0. The maximum Gasteiger partial charge on any atom is 0.184 e. The van der Waals surface area contributed by atoms with Crippen molar-refractivity contribution in [3.63, 3.8) is 0 Å². The second-order valence-electron chi connectivity index (χ2n) is 3.55. The lowest BCUT2D eigenvalue weighted by atomic mass is 10.1. The third kappa shape index (κ3) is 2.18. The molecule has 1 fully saturated rings. The average molecular weight is 258 g/mol. The number of Topliss-reactive ketones (excluding diaryl/α,β-unsaturated/α-hetero) is 1. The number of ketones is 1. The van der Waals surface area contributed by atoms with Crippen LogP contribution in [0.3, 0.4) is 0 Å². The molecular weight excluding hydrogens is 249 g/mol. The van der Waals surface area contributed by atoms with Crippen LogP contribution in [0, 0.1) is 11.7 Å². The van der Waals surface area contributed by atoms with Gasteiger partial charge in [-0.1, -0.05) is 0 Å². The zero-order valence-corrected chi connectivity index (χ0v) is 9.05. The minimum absolute atomic E-state index is 0.0277. The number of rotatable bonds is 3. The van der Waals surface area contributed by atoms with Gasteiger partial charge in [0.05, 0.1) is 0 Å². The van der Waals surface area contributed by atoms with Crippen molar-refractivity contribution >= 4 is 21.7 Å². The summed E-state index contributed by atoms with van der Waals surface area (Å²) in [6.07, 6.45) is 4.06. The SMILES string of the molecule is O=C(CC1CC1)c1ncc(Br)cc1F. The predicted octanol–water partition coefficient (Wildman–Crippen LogP) is 2.97. The fourth-order valence-corrected chi connectivity index (χ4v) is 1.60. The zero-order valence-electron chi connectivity index (χ0n) is 7.46. The van der Waals surface area contributed by atoms with Gasteiger partial charge < -0.3 is 0 Å². The Bertz CT molecular complexity index is 376. The van der Waals surface area contributed by atoms with E-state index in [0.717, 1.165) is 12.8 Å². The number of nitrogens with zero attached hydrogens (tertiary/aromatic N) is 1. The smallest absolute Gasteiger partial charge is 0.184 e. The van der Waals surface area contributed by atoms with Crippen LogP contribution in [0.5, 0.6) is 0 Å². The molecule has 1 aliphatic rings. The first-order valence-corrected chi connectivity index (χ1v) is 5.30. The van der Waals surface area contributed by atoms with Gasteiger partial charge in [-0.05, 0) is 40.8 Å². The van der Waals surface area contributed by atoms with Gasteiger partial charge in [0.15, 0.2) is 11.6 Å². The fourth-order valence-electron chi connectivity index (χ4n) is 1.30. The van der Waals surface area contributed by atoms with Crippen LogP contribution in [0.1, 0.15) is 29.8 Å². The van der Waals surface area contributed by atoms with Crippen LogP contribution in [0.15, 0.2) is 16.7 Å². The lowest BCUT2D eigenvalue weighted by Crippen LogP contribution is -2.06. The average Bonchev–Trinajstić information content (AvgIpc) is 2.87.